The molecule has 6 heteroatoms. The van der Waals surface area contributed by atoms with E-state index in [1.807, 2.05) is 0 Å². The van der Waals surface area contributed by atoms with E-state index in [1.54, 1.807) is 18.7 Å². The van der Waals surface area contributed by atoms with Crippen molar-refractivity contribution in [3.05, 3.63) is 22.5 Å². The van der Waals surface area contributed by atoms with Gasteiger partial charge in [-0.05, 0) is 6.92 Å². The van der Waals surface area contributed by atoms with E-state index >= 15 is 0 Å². The van der Waals surface area contributed by atoms with Crippen molar-refractivity contribution in [2.45, 2.75) is 6.92 Å². The molecule has 0 aromatic carbocycles. The maximum atomic E-state index is 10.8. The summed E-state index contributed by atoms with van der Waals surface area (Å²) in [6, 6.07) is 0. The Labute approximate surface area is 90.3 Å². The highest BCUT2D eigenvalue weighted by Gasteiger charge is 2.17. The molecule has 0 aliphatic heterocycles. The molecule has 2 aromatic heterocycles. The third-order valence-electron chi connectivity index (χ3n) is 2.19. The number of halogens is 1. The van der Waals surface area contributed by atoms with E-state index in [2.05, 4.69) is 10.1 Å². The minimum absolute atomic E-state index is 0.000247. The van der Waals surface area contributed by atoms with E-state index in [9.17, 15) is 4.79 Å². The number of aromatic carboxylic acids is 1. The number of hydrogen-bond acceptors (Lipinski definition) is 3. The van der Waals surface area contributed by atoms with Gasteiger partial charge in [-0.2, -0.15) is 5.10 Å². The van der Waals surface area contributed by atoms with Crippen molar-refractivity contribution in [1.82, 2.24) is 14.8 Å². The van der Waals surface area contributed by atoms with Crippen LogP contribution in [0.4, 0.5) is 0 Å². The first-order valence-corrected chi connectivity index (χ1v) is 4.61. The first-order valence-electron chi connectivity index (χ1n) is 4.23. The van der Waals surface area contributed by atoms with Crippen LogP contribution in [-0.4, -0.2) is 25.8 Å². The van der Waals surface area contributed by atoms with Gasteiger partial charge in [-0.1, -0.05) is 11.6 Å². The van der Waals surface area contributed by atoms with Gasteiger partial charge < -0.3 is 5.11 Å². The summed E-state index contributed by atoms with van der Waals surface area (Å²) in [5, 5.41) is 13.8. The minimum atomic E-state index is -1.09. The summed E-state index contributed by atoms with van der Waals surface area (Å²) < 4.78 is 1.57. The van der Waals surface area contributed by atoms with E-state index in [1.165, 1.54) is 6.20 Å². The van der Waals surface area contributed by atoms with Gasteiger partial charge in [0, 0.05) is 13.2 Å². The fraction of sp³-hybridized carbons (Fsp3) is 0.222. The largest absolute Gasteiger partial charge is 0.478 e. The summed E-state index contributed by atoms with van der Waals surface area (Å²) in [4.78, 5) is 14.9. The van der Waals surface area contributed by atoms with Crippen molar-refractivity contribution in [1.29, 1.82) is 0 Å². The summed E-state index contributed by atoms with van der Waals surface area (Å²) in [6.45, 7) is 1.77. The second kappa shape index (κ2) is 3.20. The number of carboxylic acids is 1. The van der Waals surface area contributed by atoms with Gasteiger partial charge in [0.25, 0.3) is 0 Å². The molecule has 0 radical (unpaired) electrons. The van der Waals surface area contributed by atoms with Crippen LogP contribution in [0.15, 0.2) is 6.20 Å². The third-order valence-corrected chi connectivity index (χ3v) is 2.59. The second-order valence-corrected chi connectivity index (χ2v) is 3.58. The fourth-order valence-corrected chi connectivity index (χ4v) is 1.87. The number of pyridine rings is 1. The van der Waals surface area contributed by atoms with Crippen molar-refractivity contribution >= 4 is 28.6 Å². The Morgan fingerprint density at radius 1 is 1.60 bits per heavy atom. The zero-order chi connectivity index (χ0) is 11.2. The van der Waals surface area contributed by atoms with Gasteiger partial charge in [-0.15, -0.1) is 0 Å². The Balaban J connectivity index is 2.89. The van der Waals surface area contributed by atoms with E-state index in [-0.39, 0.29) is 10.6 Å². The van der Waals surface area contributed by atoms with Crippen molar-refractivity contribution in [3.63, 3.8) is 0 Å². The molecule has 0 amide bonds. The molecule has 0 saturated heterocycles. The number of aryl methyl sites for hydroxylation is 2. The number of hydrogen-bond donors (Lipinski definition) is 1. The number of fused-ring (bicyclic) bond motifs is 1. The lowest BCUT2D eigenvalue weighted by Gasteiger charge is -1.99. The smallest absolute Gasteiger partial charge is 0.338 e. The Morgan fingerprint density at radius 2 is 2.27 bits per heavy atom. The fourth-order valence-electron chi connectivity index (χ4n) is 1.52. The van der Waals surface area contributed by atoms with E-state index < -0.39 is 5.97 Å². The van der Waals surface area contributed by atoms with Crippen LogP contribution in [0.25, 0.3) is 11.0 Å². The summed E-state index contributed by atoms with van der Waals surface area (Å²) in [5.74, 6) is -1.09. The molecule has 0 aliphatic carbocycles. The molecule has 2 heterocycles. The van der Waals surface area contributed by atoms with Crippen molar-refractivity contribution in [3.8, 4) is 0 Å². The van der Waals surface area contributed by atoms with E-state index in [0.29, 0.717) is 16.7 Å². The summed E-state index contributed by atoms with van der Waals surface area (Å²) >= 11 is 5.98. The molecule has 78 valence electrons. The van der Waals surface area contributed by atoms with Crippen LogP contribution < -0.4 is 0 Å². The van der Waals surface area contributed by atoms with Crippen molar-refractivity contribution < 1.29 is 9.90 Å². The van der Waals surface area contributed by atoms with E-state index in [4.69, 9.17) is 16.7 Å². The lowest BCUT2D eigenvalue weighted by Crippen LogP contribution is -2.00. The summed E-state index contributed by atoms with van der Waals surface area (Å²) in [5.41, 5.74) is 1.26. The van der Waals surface area contributed by atoms with Crippen LogP contribution in [0.5, 0.6) is 0 Å². The molecule has 0 aliphatic rings. The predicted octanol–water partition coefficient (Wildman–Crippen LogP) is 1.63. The summed E-state index contributed by atoms with van der Waals surface area (Å²) in [6.07, 6.45) is 1.24. The van der Waals surface area contributed by atoms with Crippen LogP contribution in [-0.2, 0) is 7.05 Å². The zero-order valence-corrected chi connectivity index (χ0v) is 8.91. The Hall–Kier alpha value is -1.62. The normalized spacial score (nSPS) is 10.9. The Bertz CT molecular complexity index is 562. The predicted molar refractivity (Wildman–Crippen MR) is 55.2 cm³/mol. The second-order valence-electron chi connectivity index (χ2n) is 3.20. The van der Waals surface area contributed by atoms with Crippen LogP contribution in [0.2, 0.25) is 5.02 Å². The maximum Gasteiger partial charge on any atom is 0.338 e. The molecule has 2 aromatic rings. The number of carboxylic acid groups (broad SMARTS) is 1. The Kier molecular flexibility index (Phi) is 2.12. The molecule has 0 atom stereocenters. The van der Waals surface area contributed by atoms with Gasteiger partial charge in [0.05, 0.1) is 21.7 Å². The average Bonchev–Trinajstić information content (AvgIpc) is 2.43. The topological polar surface area (TPSA) is 68.0 Å². The van der Waals surface area contributed by atoms with Gasteiger partial charge in [0.2, 0.25) is 0 Å². The molecule has 2 rings (SSSR count). The lowest BCUT2D eigenvalue weighted by molar-refractivity contribution is 0.0697. The molecule has 0 saturated carbocycles. The van der Waals surface area contributed by atoms with Gasteiger partial charge in [-0.25, -0.2) is 9.78 Å². The number of carbonyl (C=O) groups is 1. The highest BCUT2D eigenvalue weighted by Crippen LogP contribution is 2.27. The Morgan fingerprint density at radius 3 is 2.87 bits per heavy atom. The van der Waals surface area contributed by atoms with Gasteiger partial charge in [0.1, 0.15) is 0 Å². The van der Waals surface area contributed by atoms with Crippen molar-refractivity contribution in [2.24, 2.45) is 7.05 Å². The standard InChI is InChI=1S/C9H8ClN3O2/c1-4-6-7(10)5(9(14)15)3-11-8(6)13(2)12-4/h3H,1-2H3,(H,14,15). The SMILES string of the molecule is Cc1nn(C)c2ncc(C(=O)O)c(Cl)c12. The van der Waals surface area contributed by atoms with Gasteiger partial charge in [0.15, 0.2) is 5.65 Å². The quantitative estimate of drug-likeness (QED) is 0.801. The van der Waals surface area contributed by atoms with Crippen LogP contribution in [0.1, 0.15) is 16.1 Å². The zero-order valence-electron chi connectivity index (χ0n) is 8.15. The molecule has 0 bridgehead atoms. The van der Waals surface area contributed by atoms with Gasteiger partial charge in [-0.3, -0.25) is 4.68 Å². The summed E-state index contributed by atoms with van der Waals surface area (Å²) in [7, 11) is 1.74. The molecule has 0 unspecified atom stereocenters. The monoisotopic (exact) mass is 225 g/mol. The highest BCUT2D eigenvalue weighted by molar-refractivity contribution is 6.38. The molecule has 5 nitrogen and oxygen atoms in total. The van der Waals surface area contributed by atoms with Gasteiger partial charge >= 0.3 is 5.97 Å². The molecule has 15 heavy (non-hydrogen) atoms. The van der Waals surface area contributed by atoms with Crippen LogP contribution in [0, 0.1) is 6.92 Å². The molecular formula is C9H8ClN3O2. The average molecular weight is 226 g/mol. The van der Waals surface area contributed by atoms with Crippen LogP contribution in [0.3, 0.4) is 0 Å². The van der Waals surface area contributed by atoms with Crippen LogP contribution >= 0.6 is 11.6 Å². The first-order chi connectivity index (χ1) is 7.02. The lowest BCUT2D eigenvalue weighted by atomic mass is 10.2. The first kappa shape index (κ1) is 9.92. The number of nitrogens with zero attached hydrogens (tertiary/aromatic N) is 3. The molecular weight excluding hydrogens is 218 g/mol. The number of aromatic nitrogens is 3. The third kappa shape index (κ3) is 1.35. The number of rotatable bonds is 1. The minimum Gasteiger partial charge on any atom is -0.478 e. The maximum absolute atomic E-state index is 10.8. The molecule has 0 fully saturated rings. The van der Waals surface area contributed by atoms with Crippen molar-refractivity contribution in [2.75, 3.05) is 0 Å². The molecule has 1 N–H and O–H groups in total. The van der Waals surface area contributed by atoms with E-state index in [0.717, 1.165) is 0 Å². The highest BCUT2D eigenvalue weighted by atomic mass is 35.5. The molecule has 0 spiro atoms.